The summed E-state index contributed by atoms with van der Waals surface area (Å²) in [6, 6.07) is 6.26. The van der Waals surface area contributed by atoms with Crippen LogP contribution in [-0.2, 0) is 10.5 Å². The van der Waals surface area contributed by atoms with Crippen LogP contribution in [0.1, 0.15) is 55.1 Å². The van der Waals surface area contributed by atoms with Crippen LogP contribution in [-0.4, -0.2) is 20.8 Å². The molecule has 128 valence electrons. The van der Waals surface area contributed by atoms with Crippen LogP contribution in [0.5, 0.6) is 0 Å². The number of aromatic nitrogens is 2. The Morgan fingerprint density at radius 1 is 1.42 bits per heavy atom. The van der Waals surface area contributed by atoms with Gasteiger partial charge in [0.15, 0.2) is 5.72 Å². The molecule has 5 heteroatoms. The summed E-state index contributed by atoms with van der Waals surface area (Å²) in [4.78, 5) is 15.8. The standard InChI is InChI=1S/C19H24N2O3/c1-12-6-5-7-16(13(12)2)14(3)17-20-10-11-21(17)19(4,15-8-9-15)24-18(22)23/h5-7,10-11,14-15H,8-9H2,1-4H3,(H,22,23). The van der Waals surface area contributed by atoms with E-state index in [2.05, 4.69) is 44.0 Å². The smallest absolute Gasteiger partial charge is 0.450 e. The lowest BCUT2D eigenvalue weighted by molar-refractivity contribution is -0.0786. The minimum Gasteiger partial charge on any atom is -0.450 e. The summed E-state index contributed by atoms with van der Waals surface area (Å²) in [7, 11) is 0. The number of imidazole rings is 1. The van der Waals surface area contributed by atoms with E-state index in [0.717, 1.165) is 18.7 Å². The average molecular weight is 328 g/mol. The summed E-state index contributed by atoms with van der Waals surface area (Å²) >= 11 is 0. The van der Waals surface area contributed by atoms with Gasteiger partial charge in [-0.2, -0.15) is 0 Å². The van der Waals surface area contributed by atoms with Crippen molar-refractivity contribution in [1.82, 2.24) is 9.55 Å². The Morgan fingerprint density at radius 3 is 2.75 bits per heavy atom. The third kappa shape index (κ3) is 2.79. The van der Waals surface area contributed by atoms with Crippen LogP contribution in [0.15, 0.2) is 30.6 Å². The fraction of sp³-hybridized carbons (Fsp3) is 0.474. The monoisotopic (exact) mass is 328 g/mol. The highest BCUT2D eigenvalue weighted by Gasteiger charge is 2.47. The van der Waals surface area contributed by atoms with E-state index in [-0.39, 0.29) is 11.8 Å². The fourth-order valence-electron chi connectivity index (χ4n) is 3.52. The molecule has 2 atom stereocenters. The summed E-state index contributed by atoms with van der Waals surface area (Å²) in [6.45, 7) is 8.16. The van der Waals surface area contributed by atoms with Crippen molar-refractivity contribution in [3.8, 4) is 0 Å². The molecular formula is C19H24N2O3. The van der Waals surface area contributed by atoms with Gasteiger partial charge in [0.2, 0.25) is 0 Å². The molecule has 1 aromatic heterocycles. The quantitative estimate of drug-likeness (QED) is 0.825. The molecule has 3 rings (SSSR count). The maximum atomic E-state index is 11.2. The maximum Gasteiger partial charge on any atom is 0.507 e. The van der Waals surface area contributed by atoms with Crippen molar-refractivity contribution in [2.45, 2.75) is 52.2 Å². The lowest BCUT2D eigenvalue weighted by atomic mass is 9.92. The highest BCUT2D eigenvalue weighted by atomic mass is 16.7. The van der Waals surface area contributed by atoms with Gasteiger partial charge in [-0.1, -0.05) is 25.1 Å². The van der Waals surface area contributed by atoms with Gasteiger partial charge in [-0.05, 0) is 50.3 Å². The molecule has 1 N–H and O–H groups in total. The Labute approximate surface area is 142 Å². The van der Waals surface area contributed by atoms with Crippen molar-refractivity contribution in [3.63, 3.8) is 0 Å². The number of benzene rings is 1. The molecule has 0 bridgehead atoms. The zero-order valence-electron chi connectivity index (χ0n) is 14.6. The number of aryl methyl sites for hydroxylation is 1. The molecule has 0 saturated heterocycles. The first-order valence-corrected chi connectivity index (χ1v) is 8.36. The molecule has 0 spiro atoms. The number of carbonyl (C=O) groups is 1. The highest BCUT2D eigenvalue weighted by molar-refractivity contribution is 5.57. The molecule has 1 aromatic carbocycles. The molecule has 1 aliphatic carbocycles. The SMILES string of the molecule is Cc1cccc(C(C)c2nccn2C(C)(OC(=O)O)C2CC2)c1C. The Kier molecular flexibility index (Phi) is 4.11. The second-order valence-electron chi connectivity index (χ2n) is 6.86. The second-order valence-corrected chi connectivity index (χ2v) is 6.86. The van der Waals surface area contributed by atoms with E-state index >= 15 is 0 Å². The summed E-state index contributed by atoms with van der Waals surface area (Å²) < 4.78 is 7.23. The normalized spacial score (nSPS) is 18.0. The summed E-state index contributed by atoms with van der Waals surface area (Å²) in [5, 5.41) is 9.20. The lowest BCUT2D eigenvalue weighted by Gasteiger charge is -2.32. The first-order valence-electron chi connectivity index (χ1n) is 8.36. The van der Waals surface area contributed by atoms with Crippen LogP contribution in [0.2, 0.25) is 0 Å². The van der Waals surface area contributed by atoms with E-state index < -0.39 is 11.9 Å². The number of nitrogens with zero attached hydrogens (tertiary/aromatic N) is 2. The van der Waals surface area contributed by atoms with Gasteiger partial charge in [-0.3, -0.25) is 4.57 Å². The minimum atomic E-state index is -1.25. The molecule has 2 unspecified atom stereocenters. The van der Waals surface area contributed by atoms with E-state index in [1.54, 1.807) is 6.20 Å². The Balaban J connectivity index is 2.03. The van der Waals surface area contributed by atoms with Gasteiger partial charge in [-0.15, -0.1) is 0 Å². The van der Waals surface area contributed by atoms with Crippen LogP contribution in [0.3, 0.4) is 0 Å². The van der Waals surface area contributed by atoms with E-state index in [1.165, 1.54) is 16.7 Å². The van der Waals surface area contributed by atoms with Gasteiger partial charge in [-0.25, -0.2) is 9.78 Å². The molecule has 1 aliphatic rings. The van der Waals surface area contributed by atoms with Crippen LogP contribution in [0.25, 0.3) is 0 Å². The Bertz CT molecular complexity index is 764. The van der Waals surface area contributed by atoms with Gasteiger partial charge < -0.3 is 9.84 Å². The summed E-state index contributed by atoms with van der Waals surface area (Å²) in [6.07, 6.45) is 4.25. The van der Waals surface area contributed by atoms with E-state index in [1.807, 2.05) is 17.7 Å². The van der Waals surface area contributed by atoms with Crippen molar-refractivity contribution < 1.29 is 14.6 Å². The zero-order chi connectivity index (χ0) is 17.5. The molecule has 0 radical (unpaired) electrons. The third-order valence-corrected chi connectivity index (χ3v) is 5.28. The van der Waals surface area contributed by atoms with Gasteiger partial charge in [0.1, 0.15) is 5.82 Å². The topological polar surface area (TPSA) is 64.4 Å². The number of ether oxygens (including phenoxy) is 1. The van der Waals surface area contributed by atoms with Gasteiger partial charge in [0.25, 0.3) is 0 Å². The van der Waals surface area contributed by atoms with Crippen molar-refractivity contribution in [1.29, 1.82) is 0 Å². The first-order chi connectivity index (χ1) is 11.3. The van der Waals surface area contributed by atoms with Gasteiger partial charge in [0, 0.05) is 24.2 Å². The molecule has 1 fully saturated rings. The molecular weight excluding hydrogens is 304 g/mol. The van der Waals surface area contributed by atoms with Crippen molar-refractivity contribution in [2.75, 3.05) is 0 Å². The molecule has 1 heterocycles. The number of carboxylic acid groups (broad SMARTS) is 1. The molecule has 24 heavy (non-hydrogen) atoms. The second kappa shape index (κ2) is 5.96. The maximum absolute atomic E-state index is 11.2. The first kappa shape index (κ1) is 16.6. The van der Waals surface area contributed by atoms with Crippen LogP contribution in [0.4, 0.5) is 4.79 Å². The molecule has 5 nitrogen and oxygen atoms in total. The van der Waals surface area contributed by atoms with Crippen LogP contribution < -0.4 is 0 Å². The lowest BCUT2D eigenvalue weighted by Crippen LogP contribution is -2.38. The number of hydrogen-bond donors (Lipinski definition) is 1. The molecule has 0 aliphatic heterocycles. The van der Waals surface area contributed by atoms with Crippen molar-refractivity contribution >= 4 is 6.16 Å². The predicted molar refractivity (Wildman–Crippen MR) is 91.1 cm³/mol. The fourth-order valence-corrected chi connectivity index (χ4v) is 3.52. The number of rotatable bonds is 5. The predicted octanol–water partition coefficient (Wildman–Crippen LogP) is 4.43. The van der Waals surface area contributed by atoms with Crippen LogP contribution in [0, 0.1) is 19.8 Å². The molecule has 0 amide bonds. The van der Waals surface area contributed by atoms with Crippen molar-refractivity contribution in [3.05, 3.63) is 53.1 Å². The zero-order valence-corrected chi connectivity index (χ0v) is 14.6. The number of hydrogen-bond acceptors (Lipinski definition) is 3. The highest BCUT2D eigenvalue weighted by Crippen LogP contribution is 2.46. The third-order valence-electron chi connectivity index (χ3n) is 5.28. The van der Waals surface area contributed by atoms with E-state index in [0.29, 0.717) is 0 Å². The average Bonchev–Trinajstić information content (AvgIpc) is 3.26. The van der Waals surface area contributed by atoms with Gasteiger partial charge in [0.05, 0.1) is 0 Å². The molecule has 2 aromatic rings. The van der Waals surface area contributed by atoms with Crippen LogP contribution >= 0.6 is 0 Å². The van der Waals surface area contributed by atoms with E-state index in [4.69, 9.17) is 4.74 Å². The van der Waals surface area contributed by atoms with E-state index in [9.17, 15) is 9.90 Å². The van der Waals surface area contributed by atoms with Crippen molar-refractivity contribution in [2.24, 2.45) is 5.92 Å². The van der Waals surface area contributed by atoms with Gasteiger partial charge >= 0.3 is 6.16 Å². The largest absolute Gasteiger partial charge is 0.507 e. The molecule has 1 saturated carbocycles. The summed E-state index contributed by atoms with van der Waals surface area (Å²) in [5.41, 5.74) is 2.79. The Morgan fingerprint density at radius 2 is 2.12 bits per heavy atom. The Hall–Kier alpha value is -2.30. The summed E-state index contributed by atoms with van der Waals surface area (Å²) in [5.74, 6) is 1.09. The minimum absolute atomic E-state index is 0.0513.